The number of nitrogens with zero attached hydrogens (tertiary/aromatic N) is 2. The standard InChI is InChI=1S/C7H7F3N2O3/c8-7(9,10)3-5-12-11-4(15-5)1-2-6(13)14/h1-3H2,(H,13,14). The van der Waals surface area contributed by atoms with Crippen molar-refractivity contribution in [3.8, 4) is 0 Å². The first-order valence-corrected chi connectivity index (χ1v) is 3.96. The van der Waals surface area contributed by atoms with E-state index in [9.17, 15) is 18.0 Å². The van der Waals surface area contributed by atoms with Crippen molar-refractivity contribution in [2.24, 2.45) is 0 Å². The lowest BCUT2D eigenvalue weighted by atomic mass is 10.3. The molecule has 0 atom stereocenters. The number of aromatic nitrogens is 2. The van der Waals surface area contributed by atoms with Gasteiger partial charge in [-0.05, 0) is 0 Å². The Hall–Kier alpha value is -1.60. The molecule has 0 saturated carbocycles. The molecule has 0 bridgehead atoms. The fraction of sp³-hybridized carbons (Fsp3) is 0.571. The monoisotopic (exact) mass is 224 g/mol. The van der Waals surface area contributed by atoms with Crippen LogP contribution >= 0.6 is 0 Å². The van der Waals surface area contributed by atoms with E-state index >= 15 is 0 Å². The van der Waals surface area contributed by atoms with Crippen LogP contribution in [0.5, 0.6) is 0 Å². The van der Waals surface area contributed by atoms with Crippen molar-refractivity contribution < 1.29 is 27.5 Å². The Balaban J connectivity index is 2.53. The van der Waals surface area contributed by atoms with E-state index in [1.165, 1.54) is 0 Å². The van der Waals surface area contributed by atoms with Crippen molar-refractivity contribution in [2.45, 2.75) is 25.4 Å². The third-order valence-electron chi connectivity index (χ3n) is 1.41. The van der Waals surface area contributed by atoms with Crippen molar-refractivity contribution in [1.82, 2.24) is 10.2 Å². The Morgan fingerprint density at radius 2 is 1.93 bits per heavy atom. The van der Waals surface area contributed by atoms with Crippen LogP contribution in [0.15, 0.2) is 4.42 Å². The van der Waals surface area contributed by atoms with Gasteiger partial charge in [0.25, 0.3) is 0 Å². The minimum Gasteiger partial charge on any atom is -0.481 e. The number of halogens is 3. The van der Waals surface area contributed by atoms with Crippen molar-refractivity contribution in [1.29, 1.82) is 0 Å². The van der Waals surface area contributed by atoms with Gasteiger partial charge in [-0.25, -0.2) is 0 Å². The van der Waals surface area contributed by atoms with Crippen LogP contribution in [-0.2, 0) is 17.6 Å². The molecule has 1 heterocycles. The summed E-state index contributed by atoms with van der Waals surface area (Å²) in [5, 5.41) is 14.7. The van der Waals surface area contributed by atoms with Crippen LogP contribution in [0.1, 0.15) is 18.2 Å². The zero-order valence-electron chi connectivity index (χ0n) is 7.41. The summed E-state index contributed by atoms with van der Waals surface area (Å²) < 4.78 is 40.1. The number of aryl methyl sites for hydroxylation is 1. The summed E-state index contributed by atoms with van der Waals surface area (Å²) in [6.45, 7) is 0. The first-order valence-electron chi connectivity index (χ1n) is 3.96. The molecule has 1 aromatic heterocycles. The minimum atomic E-state index is -4.41. The quantitative estimate of drug-likeness (QED) is 0.831. The molecule has 0 aliphatic heterocycles. The van der Waals surface area contributed by atoms with Gasteiger partial charge in [0.2, 0.25) is 11.8 Å². The predicted octanol–water partition coefficient (Wildman–Crippen LogP) is 1.19. The van der Waals surface area contributed by atoms with Gasteiger partial charge in [-0.1, -0.05) is 0 Å². The van der Waals surface area contributed by atoms with E-state index in [0.29, 0.717) is 0 Å². The smallest absolute Gasteiger partial charge is 0.397 e. The van der Waals surface area contributed by atoms with Gasteiger partial charge in [0.15, 0.2) is 0 Å². The number of rotatable bonds is 4. The van der Waals surface area contributed by atoms with Crippen LogP contribution in [0.2, 0.25) is 0 Å². The Bertz CT molecular complexity index is 347. The van der Waals surface area contributed by atoms with E-state index in [1.807, 2.05) is 0 Å². The number of carbonyl (C=O) groups is 1. The maximum atomic E-state index is 11.8. The van der Waals surface area contributed by atoms with Crippen molar-refractivity contribution in [3.05, 3.63) is 11.8 Å². The summed E-state index contributed by atoms with van der Waals surface area (Å²) in [6.07, 6.45) is -6.03. The van der Waals surface area contributed by atoms with Gasteiger partial charge in [-0.2, -0.15) is 13.2 Å². The molecule has 0 saturated heterocycles. The highest BCUT2D eigenvalue weighted by Gasteiger charge is 2.30. The van der Waals surface area contributed by atoms with E-state index in [-0.39, 0.29) is 18.7 Å². The lowest BCUT2D eigenvalue weighted by molar-refractivity contribution is -0.137. The van der Waals surface area contributed by atoms with E-state index in [4.69, 9.17) is 5.11 Å². The molecule has 0 spiro atoms. The molecular formula is C7H7F3N2O3. The third-order valence-corrected chi connectivity index (χ3v) is 1.41. The second-order valence-corrected chi connectivity index (χ2v) is 2.78. The molecule has 1 rings (SSSR count). The molecule has 0 aliphatic carbocycles. The molecular weight excluding hydrogens is 217 g/mol. The maximum absolute atomic E-state index is 11.8. The number of hydrogen-bond donors (Lipinski definition) is 1. The summed E-state index contributed by atoms with van der Waals surface area (Å²) in [6, 6.07) is 0. The summed E-state index contributed by atoms with van der Waals surface area (Å²) in [5.74, 6) is -1.73. The second-order valence-electron chi connectivity index (χ2n) is 2.78. The average molecular weight is 224 g/mol. The Morgan fingerprint density at radius 1 is 1.33 bits per heavy atom. The molecule has 1 N–H and O–H groups in total. The molecule has 84 valence electrons. The fourth-order valence-corrected chi connectivity index (χ4v) is 0.846. The number of alkyl halides is 3. The van der Waals surface area contributed by atoms with Gasteiger partial charge in [-0.15, -0.1) is 10.2 Å². The molecule has 0 aromatic carbocycles. The largest absolute Gasteiger partial charge is 0.481 e. The number of aliphatic carboxylic acids is 1. The summed E-state index contributed by atoms with van der Waals surface area (Å²) in [4.78, 5) is 10.1. The maximum Gasteiger partial charge on any atom is 0.397 e. The van der Waals surface area contributed by atoms with Gasteiger partial charge in [0.1, 0.15) is 6.42 Å². The van der Waals surface area contributed by atoms with Gasteiger partial charge in [0, 0.05) is 6.42 Å². The number of hydrogen-bond acceptors (Lipinski definition) is 4. The highest BCUT2D eigenvalue weighted by atomic mass is 19.4. The molecule has 0 fully saturated rings. The van der Waals surface area contributed by atoms with Gasteiger partial charge in [-0.3, -0.25) is 4.79 Å². The topological polar surface area (TPSA) is 76.2 Å². The molecule has 0 unspecified atom stereocenters. The molecule has 8 heteroatoms. The highest BCUT2D eigenvalue weighted by Crippen LogP contribution is 2.20. The van der Waals surface area contributed by atoms with Crippen LogP contribution < -0.4 is 0 Å². The second kappa shape index (κ2) is 4.28. The lowest BCUT2D eigenvalue weighted by Crippen LogP contribution is -2.11. The Morgan fingerprint density at radius 3 is 2.47 bits per heavy atom. The van der Waals surface area contributed by atoms with Crippen LogP contribution in [0.4, 0.5) is 13.2 Å². The van der Waals surface area contributed by atoms with Crippen LogP contribution in [-0.4, -0.2) is 27.4 Å². The summed E-state index contributed by atoms with van der Waals surface area (Å²) in [5.41, 5.74) is 0. The molecule has 15 heavy (non-hydrogen) atoms. The van der Waals surface area contributed by atoms with Gasteiger partial charge >= 0.3 is 12.1 Å². The highest BCUT2D eigenvalue weighted by molar-refractivity contribution is 5.66. The molecule has 0 aliphatic rings. The van der Waals surface area contributed by atoms with E-state index in [2.05, 4.69) is 14.6 Å². The lowest BCUT2D eigenvalue weighted by Gasteiger charge is -2.00. The molecule has 0 radical (unpaired) electrons. The summed E-state index contributed by atoms with van der Waals surface area (Å²) >= 11 is 0. The SMILES string of the molecule is O=C(O)CCc1nnc(CC(F)(F)F)o1. The normalized spacial score (nSPS) is 11.7. The fourth-order valence-electron chi connectivity index (χ4n) is 0.846. The summed E-state index contributed by atoms with van der Waals surface area (Å²) in [7, 11) is 0. The third kappa shape index (κ3) is 4.43. The van der Waals surface area contributed by atoms with E-state index < -0.39 is 24.5 Å². The van der Waals surface area contributed by atoms with Gasteiger partial charge in [0.05, 0.1) is 6.42 Å². The first kappa shape index (κ1) is 11.5. The molecule has 0 amide bonds. The van der Waals surface area contributed by atoms with Crippen molar-refractivity contribution in [3.63, 3.8) is 0 Å². The predicted molar refractivity (Wildman–Crippen MR) is 40.0 cm³/mol. The van der Waals surface area contributed by atoms with Crippen molar-refractivity contribution >= 4 is 5.97 Å². The van der Waals surface area contributed by atoms with E-state index in [1.54, 1.807) is 0 Å². The zero-order chi connectivity index (χ0) is 11.5. The van der Waals surface area contributed by atoms with E-state index in [0.717, 1.165) is 0 Å². The first-order chi connectivity index (χ1) is 6.87. The average Bonchev–Trinajstić information content (AvgIpc) is 2.45. The Kier molecular flexibility index (Phi) is 3.28. The number of carboxylic acid groups (broad SMARTS) is 1. The van der Waals surface area contributed by atoms with Gasteiger partial charge < -0.3 is 9.52 Å². The number of carboxylic acids is 1. The van der Waals surface area contributed by atoms with Crippen molar-refractivity contribution in [2.75, 3.05) is 0 Å². The Labute approximate surface area is 81.9 Å². The van der Waals surface area contributed by atoms with Crippen LogP contribution in [0.3, 0.4) is 0 Å². The molecule has 1 aromatic rings. The minimum absolute atomic E-state index is 0.0693. The molecule has 5 nitrogen and oxygen atoms in total. The van der Waals surface area contributed by atoms with Crippen LogP contribution in [0.25, 0.3) is 0 Å². The van der Waals surface area contributed by atoms with Crippen LogP contribution in [0, 0.1) is 0 Å². The zero-order valence-corrected chi connectivity index (χ0v) is 7.41.